The number of carbonyl (C=O) groups is 1. The van der Waals surface area contributed by atoms with Crippen LogP contribution in [0.15, 0.2) is 12.4 Å². The largest absolute Gasteiger partial charge is 0.383 e. The summed E-state index contributed by atoms with van der Waals surface area (Å²) in [6.07, 6.45) is 6.81. The second-order valence-electron chi connectivity index (χ2n) is 5.25. The molecule has 2 rings (SSSR count). The number of amides is 1. The van der Waals surface area contributed by atoms with Crippen molar-refractivity contribution in [3.05, 3.63) is 18.2 Å². The molecule has 0 aromatic carbocycles. The molecule has 128 valence electrons. The molecule has 1 aliphatic heterocycles. The van der Waals surface area contributed by atoms with Gasteiger partial charge >= 0.3 is 0 Å². The first-order valence-electron chi connectivity index (χ1n) is 7.22. The minimum Gasteiger partial charge on any atom is -0.383 e. The Labute approximate surface area is 144 Å². The number of ether oxygens (including phenoxy) is 1. The molecule has 1 fully saturated rings. The average molecular weight is 353 g/mol. The standard InChI is InChI=1S/C14H24N4O2.2ClH/c1-3-13-16-6-8-18(13)11-5-4-7-17(9-11)14(19)12(15)10-20-2;;/h6,8,11-12H,3-5,7,9-10,15H2,1-2H3;2*1H. The van der Waals surface area contributed by atoms with E-state index in [0.29, 0.717) is 12.6 Å². The number of imidazole rings is 1. The first kappa shape index (κ1) is 21.2. The van der Waals surface area contributed by atoms with Gasteiger partial charge in [0, 0.05) is 39.0 Å². The third kappa shape index (κ3) is 4.84. The van der Waals surface area contributed by atoms with Crippen LogP contribution in [0.2, 0.25) is 0 Å². The molecule has 0 spiro atoms. The number of likely N-dealkylation sites (tertiary alicyclic amines) is 1. The smallest absolute Gasteiger partial charge is 0.241 e. The number of rotatable bonds is 5. The molecule has 0 aliphatic carbocycles. The van der Waals surface area contributed by atoms with Crippen molar-refractivity contribution < 1.29 is 9.53 Å². The average Bonchev–Trinajstić information content (AvgIpc) is 2.95. The van der Waals surface area contributed by atoms with E-state index in [1.165, 1.54) is 0 Å². The van der Waals surface area contributed by atoms with Gasteiger partial charge in [-0.1, -0.05) is 6.92 Å². The number of carbonyl (C=O) groups excluding carboxylic acids is 1. The number of nitrogens with zero attached hydrogens (tertiary/aromatic N) is 3. The van der Waals surface area contributed by atoms with Crippen LogP contribution in [-0.4, -0.2) is 53.2 Å². The van der Waals surface area contributed by atoms with Gasteiger partial charge in [0.15, 0.2) is 0 Å². The van der Waals surface area contributed by atoms with Crippen LogP contribution < -0.4 is 5.73 Å². The number of hydrogen-bond donors (Lipinski definition) is 1. The second kappa shape index (κ2) is 10.0. The summed E-state index contributed by atoms with van der Waals surface area (Å²) in [6.45, 7) is 3.85. The zero-order valence-electron chi connectivity index (χ0n) is 13.1. The summed E-state index contributed by atoms with van der Waals surface area (Å²) in [5.41, 5.74) is 5.84. The number of halogens is 2. The lowest BCUT2D eigenvalue weighted by atomic mass is 10.0. The van der Waals surface area contributed by atoms with E-state index < -0.39 is 6.04 Å². The normalized spacial score (nSPS) is 19.0. The molecule has 2 N–H and O–H groups in total. The zero-order chi connectivity index (χ0) is 14.5. The van der Waals surface area contributed by atoms with Gasteiger partial charge in [0.2, 0.25) is 5.91 Å². The van der Waals surface area contributed by atoms with Crippen molar-refractivity contribution in [2.75, 3.05) is 26.8 Å². The molecule has 22 heavy (non-hydrogen) atoms. The molecule has 8 heteroatoms. The van der Waals surface area contributed by atoms with Crippen molar-refractivity contribution in [1.82, 2.24) is 14.5 Å². The van der Waals surface area contributed by atoms with Crippen LogP contribution in [0.4, 0.5) is 0 Å². The SMILES string of the molecule is CCc1nccn1C1CCCN(C(=O)C(N)COC)C1.Cl.Cl. The maximum absolute atomic E-state index is 12.3. The van der Waals surface area contributed by atoms with Gasteiger partial charge in [-0.2, -0.15) is 0 Å². The Hall–Kier alpha value is -0.820. The van der Waals surface area contributed by atoms with Crippen molar-refractivity contribution in [3.8, 4) is 0 Å². The van der Waals surface area contributed by atoms with Crippen LogP contribution in [0.25, 0.3) is 0 Å². The van der Waals surface area contributed by atoms with E-state index >= 15 is 0 Å². The fourth-order valence-corrected chi connectivity index (χ4v) is 2.82. The van der Waals surface area contributed by atoms with Crippen molar-refractivity contribution in [3.63, 3.8) is 0 Å². The van der Waals surface area contributed by atoms with Gasteiger partial charge in [0.1, 0.15) is 11.9 Å². The van der Waals surface area contributed by atoms with Crippen LogP contribution in [0.3, 0.4) is 0 Å². The zero-order valence-corrected chi connectivity index (χ0v) is 14.7. The third-order valence-corrected chi connectivity index (χ3v) is 3.83. The highest BCUT2D eigenvalue weighted by molar-refractivity contribution is 5.85. The summed E-state index contributed by atoms with van der Waals surface area (Å²) < 4.78 is 7.16. The number of nitrogens with two attached hydrogens (primary N) is 1. The Morgan fingerprint density at radius 1 is 1.55 bits per heavy atom. The Morgan fingerprint density at radius 2 is 2.27 bits per heavy atom. The third-order valence-electron chi connectivity index (χ3n) is 3.83. The van der Waals surface area contributed by atoms with E-state index in [1.807, 2.05) is 17.3 Å². The van der Waals surface area contributed by atoms with Gasteiger partial charge in [-0.3, -0.25) is 4.79 Å². The summed E-state index contributed by atoms with van der Waals surface area (Å²) in [5, 5.41) is 0. The summed E-state index contributed by atoms with van der Waals surface area (Å²) in [6, 6.07) is -0.257. The van der Waals surface area contributed by atoms with E-state index in [9.17, 15) is 4.79 Å². The molecule has 0 bridgehead atoms. The molecule has 0 saturated carbocycles. The maximum Gasteiger partial charge on any atom is 0.241 e. The fraction of sp³-hybridized carbons (Fsp3) is 0.714. The summed E-state index contributed by atoms with van der Waals surface area (Å²) in [7, 11) is 1.56. The summed E-state index contributed by atoms with van der Waals surface area (Å²) in [4.78, 5) is 18.5. The molecule has 2 atom stereocenters. The van der Waals surface area contributed by atoms with Crippen LogP contribution in [0.5, 0.6) is 0 Å². The second-order valence-corrected chi connectivity index (χ2v) is 5.25. The van der Waals surface area contributed by atoms with Crippen molar-refractivity contribution in [2.24, 2.45) is 5.73 Å². The predicted octanol–water partition coefficient (Wildman–Crippen LogP) is 1.43. The van der Waals surface area contributed by atoms with Crippen LogP contribution in [0, 0.1) is 0 Å². The van der Waals surface area contributed by atoms with E-state index in [-0.39, 0.29) is 37.3 Å². The fourth-order valence-electron chi connectivity index (χ4n) is 2.82. The van der Waals surface area contributed by atoms with Gasteiger partial charge in [-0.15, -0.1) is 24.8 Å². The minimum atomic E-state index is -0.563. The topological polar surface area (TPSA) is 73.4 Å². The number of aromatic nitrogens is 2. The summed E-state index contributed by atoms with van der Waals surface area (Å²) in [5.74, 6) is 1.06. The van der Waals surface area contributed by atoms with E-state index in [2.05, 4.69) is 16.5 Å². The predicted molar refractivity (Wildman–Crippen MR) is 90.8 cm³/mol. The van der Waals surface area contributed by atoms with Gasteiger partial charge in [-0.25, -0.2) is 4.98 Å². The number of methoxy groups -OCH3 is 1. The molecular weight excluding hydrogens is 327 g/mol. The number of aryl methyl sites for hydroxylation is 1. The molecular formula is C14H26Cl2N4O2. The quantitative estimate of drug-likeness (QED) is 0.869. The first-order chi connectivity index (χ1) is 9.67. The number of hydrogen-bond acceptors (Lipinski definition) is 4. The van der Waals surface area contributed by atoms with Gasteiger partial charge in [-0.05, 0) is 12.8 Å². The van der Waals surface area contributed by atoms with Crippen molar-refractivity contribution >= 4 is 30.7 Å². The lowest BCUT2D eigenvalue weighted by Gasteiger charge is -2.35. The number of piperidine rings is 1. The van der Waals surface area contributed by atoms with Gasteiger partial charge in [0.25, 0.3) is 0 Å². The van der Waals surface area contributed by atoms with E-state index in [4.69, 9.17) is 10.5 Å². The maximum atomic E-state index is 12.3. The molecule has 1 saturated heterocycles. The molecule has 1 aromatic rings. The lowest BCUT2D eigenvalue weighted by molar-refractivity contribution is -0.135. The molecule has 1 amide bonds. The van der Waals surface area contributed by atoms with Crippen LogP contribution >= 0.6 is 24.8 Å². The molecule has 6 nitrogen and oxygen atoms in total. The van der Waals surface area contributed by atoms with Gasteiger partial charge < -0.3 is 19.9 Å². The molecule has 1 aliphatic rings. The van der Waals surface area contributed by atoms with Gasteiger partial charge in [0.05, 0.1) is 12.6 Å². The Kier molecular flexibility index (Phi) is 9.67. The first-order valence-corrected chi connectivity index (χ1v) is 7.22. The van der Waals surface area contributed by atoms with Crippen LogP contribution in [-0.2, 0) is 16.0 Å². The highest BCUT2D eigenvalue weighted by Crippen LogP contribution is 2.23. The van der Waals surface area contributed by atoms with E-state index in [0.717, 1.165) is 31.6 Å². The molecule has 2 unspecified atom stereocenters. The highest BCUT2D eigenvalue weighted by atomic mass is 35.5. The molecule has 1 aromatic heterocycles. The van der Waals surface area contributed by atoms with Crippen LogP contribution in [0.1, 0.15) is 31.6 Å². The minimum absolute atomic E-state index is 0. The van der Waals surface area contributed by atoms with Crippen molar-refractivity contribution in [2.45, 2.75) is 38.3 Å². The Bertz CT molecular complexity index is 456. The van der Waals surface area contributed by atoms with E-state index in [1.54, 1.807) is 7.11 Å². The van der Waals surface area contributed by atoms with Crippen molar-refractivity contribution in [1.29, 1.82) is 0 Å². The lowest BCUT2D eigenvalue weighted by Crippen LogP contribution is -2.50. The highest BCUT2D eigenvalue weighted by Gasteiger charge is 2.28. The monoisotopic (exact) mass is 352 g/mol. The Balaban J connectivity index is 0.00000220. The molecule has 0 radical (unpaired) electrons. The Morgan fingerprint density at radius 3 is 2.91 bits per heavy atom. The summed E-state index contributed by atoms with van der Waals surface area (Å²) >= 11 is 0. The molecule has 2 heterocycles.